The zero-order chi connectivity index (χ0) is 19.8. The molecule has 2 unspecified atom stereocenters. The molecule has 2 fully saturated rings. The van der Waals surface area contributed by atoms with E-state index in [2.05, 4.69) is 22.5 Å². The average molecular weight is 384 g/mol. The van der Waals surface area contributed by atoms with Crippen LogP contribution in [-0.4, -0.2) is 65.1 Å². The molecule has 0 spiro atoms. The van der Waals surface area contributed by atoms with E-state index < -0.39 is 23.8 Å². The van der Waals surface area contributed by atoms with Crippen molar-refractivity contribution < 1.29 is 19.2 Å². The van der Waals surface area contributed by atoms with Crippen molar-refractivity contribution in [2.45, 2.75) is 44.8 Å². The van der Waals surface area contributed by atoms with Crippen molar-refractivity contribution in [2.75, 3.05) is 19.6 Å². The molecule has 0 bridgehead atoms. The molecule has 8 nitrogen and oxygen atoms in total. The largest absolute Gasteiger partial charge is 0.311 e. The molecule has 4 rings (SSSR count). The number of piperidine rings is 1. The predicted octanol–water partition coefficient (Wildman–Crippen LogP) is 0.272. The standard InChI is InChI=1S/C20H24N4O4/c1-2-13-11-23(9-8-21-13)10-12-4-3-5-14-17(12)20(28)24(19(14)27)15-6-7-16(25)22-18(15)26/h3-5,13,15,21H,2,6-11H2,1H3,(H,22,25,26). The molecule has 2 N–H and O–H groups in total. The van der Waals surface area contributed by atoms with Crippen LogP contribution in [0.3, 0.4) is 0 Å². The van der Waals surface area contributed by atoms with Gasteiger partial charge in [0.15, 0.2) is 0 Å². The van der Waals surface area contributed by atoms with Crippen LogP contribution in [0.2, 0.25) is 0 Å². The van der Waals surface area contributed by atoms with Crippen LogP contribution in [0, 0.1) is 0 Å². The third kappa shape index (κ3) is 3.22. The van der Waals surface area contributed by atoms with Crippen molar-refractivity contribution in [3.05, 3.63) is 34.9 Å². The van der Waals surface area contributed by atoms with Crippen molar-refractivity contribution in [2.24, 2.45) is 0 Å². The zero-order valence-electron chi connectivity index (χ0n) is 15.9. The zero-order valence-corrected chi connectivity index (χ0v) is 15.9. The van der Waals surface area contributed by atoms with E-state index in [4.69, 9.17) is 0 Å². The smallest absolute Gasteiger partial charge is 0.262 e. The van der Waals surface area contributed by atoms with E-state index in [0.717, 1.165) is 36.5 Å². The van der Waals surface area contributed by atoms with Gasteiger partial charge in [0.05, 0.1) is 11.1 Å². The van der Waals surface area contributed by atoms with Crippen LogP contribution in [0.1, 0.15) is 52.5 Å². The Balaban J connectivity index is 1.59. The fraction of sp³-hybridized carbons (Fsp3) is 0.500. The molecule has 0 aromatic heterocycles. The fourth-order valence-electron chi connectivity index (χ4n) is 4.27. The lowest BCUT2D eigenvalue weighted by Crippen LogP contribution is -2.54. The van der Waals surface area contributed by atoms with Gasteiger partial charge in [-0.15, -0.1) is 0 Å². The Kier molecular flexibility index (Phi) is 4.99. The normalized spacial score (nSPS) is 25.8. The highest BCUT2D eigenvalue weighted by molar-refractivity contribution is 6.24. The van der Waals surface area contributed by atoms with Crippen LogP contribution in [-0.2, 0) is 16.1 Å². The van der Waals surface area contributed by atoms with Crippen molar-refractivity contribution in [3.63, 3.8) is 0 Å². The molecular weight excluding hydrogens is 360 g/mol. The van der Waals surface area contributed by atoms with Gasteiger partial charge in [-0.1, -0.05) is 19.1 Å². The number of hydrogen-bond donors (Lipinski definition) is 2. The van der Waals surface area contributed by atoms with Gasteiger partial charge in [0.1, 0.15) is 6.04 Å². The lowest BCUT2D eigenvalue weighted by molar-refractivity contribution is -0.136. The minimum absolute atomic E-state index is 0.121. The molecule has 28 heavy (non-hydrogen) atoms. The van der Waals surface area contributed by atoms with Crippen LogP contribution in [0.5, 0.6) is 0 Å². The summed E-state index contributed by atoms with van der Waals surface area (Å²) >= 11 is 0. The highest BCUT2D eigenvalue weighted by Crippen LogP contribution is 2.30. The Hall–Kier alpha value is -2.58. The van der Waals surface area contributed by atoms with Gasteiger partial charge in [-0.25, -0.2) is 0 Å². The molecule has 0 saturated carbocycles. The van der Waals surface area contributed by atoms with E-state index in [9.17, 15) is 19.2 Å². The molecule has 3 aliphatic heterocycles. The van der Waals surface area contributed by atoms with Gasteiger partial charge in [-0.3, -0.25) is 34.3 Å². The number of nitrogens with one attached hydrogen (secondary N) is 2. The topological polar surface area (TPSA) is 98.8 Å². The van der Waals surface area contributed by atoms with E-state index in [1.807, 2.05) is 6.07 Å². The highest BCUT2D eigenvalue weighted by Gasteiger charge is 2.45. The number of hydrogen-bond acceptors (Lipinski definition) is 6. The number of imide groups is 2. The van der Waals surface area contributed by atoms with Crippen LogP contribution in [0.15, 0.2) is 18.2 Å². The molecule has 3 heterocycles. The number of nitrogens with zero attached hydrogens (tertiary/aromatic N) is 2. The summed E-state index contributed by atoms with van der Waals surface area (Å²) < 4.78 is 0. The minimum atomic E-state index is -0.929. The number of rotatable bonds is 4. The van der Waals surface area contributed by atoms with Crippen LogP contribution < -0.4 is 10.6 Å². The van der Waals surface area contributed by atoms with Gasteiger partial charge in [0.25, 0.3) is 11.8 Å². The lowest BCUT2D eigenvalue weighted by atomic mass is 10.0. The maximum atomic E-state index is 13.1. The molecule has 1 aromatic carbocycles. The molecule has 3 aliphatic rings. The van der Waals surface area contributed by atoms with Gasteiger partial charge < -0.3 is 5.32 Å². The molecule has 8 heteroatoms. The second kappa shape index (κ2) is 7.44. The highest BCUT2D eigenvalue weighted by atomic mass is 16.2. The number of carbonyl (C=O) groups is 4. The van der Waals surface area contributed by atoms with Crippen LogP contribution in [0.25, 0.3) is 0 Å². The van der Waals surface area contributed by atoms with Crippen LogP contribution >= 0.6 is 0 Å². The summed E-state index contributed by atoms with van der Waals surface area (Å²) in [5, 5.41) is 5.69. The molecule has 0 aliphatic carbocycles. The quantitative estimate of drug-likeness (QED) is 0.723. The summed E-state index contributed by atoms with van der Waals surface area (Å²) in [5.41, 5.74) is 1.54. The Morgan fingerprint density at radius 3 is 2.71 bits per heavy atom. The number of benzene rings is 1. The third-order valence-corrected chi connectivity index (χ3v) is 5.78. The monoisotopic (exact) mass is 384 g/mol. The lowest BCUT2D eigenvalue weighted by Gasteiger charge is -2.33. The summed E-state index contributed by atoms with van der Waals surface area (Å²) in [7, 11) is 0. The first-order valence-electron chi connectivity index (χ1n) is 9.78. The number of piperazine rings is 1. The molecule has 2 saturated heterocycles. The summed E-state index contributed by atoms with van der Waals surface area (Å²) in [4.78, 5) is 53.0. The Bertz CT molecular complexity index is 853. The van der Waals surface area contributed by atoms with Gasteiger partial charge in [-0.2, -0.15) is 0 Å². The fourth-order valence-corrected chi connectivity index (χ4v) is 4.27. The Morgan fingerprint density at radius 1 is 1.14 bits per heavy atom. The SMILES string of the molecule is CCC1CN(Cc2cccc3c2C(=O)N(C2CCC(=O)NC2=O)C3=O)CCN1. The first-order chi connectivity index (χ1) is 13.5. The Labute approximate surface area is 163 Å². The van der Waals surface area contributed by atoms with Crippen molar-refractivity contribution >= 4 is 23.6 Å². The second-order valence-electron chi connectivity index (χ2n) is 7.58. The van der Waals surface area contributed by atoms with Gasteiger partial charge >= 0.3 is 0 Å². The summed E-state index contributed by atoms with van der Waals surface area (Å²) in [6, 6.07) is 4.79. The van der Waals surface area contributed by atoms with E-state index in [-0.39, 0.29) is 18.7 Å². The minimum Gasteiger partial charge on any atom is -0.311 e. The summed E-state index contributed by atoms with van der Waals surface area (Å²) in [6.07, 6.45) is 1.32. The van der Waals surface area contributed by atoms with Crippen molar-refractivity contribution in [1.82, 2.24) is 20.4 Å². The maximum Gasteiger partial charge on any atom is 0.262 e. The first kappa shape index (κ1) is 18.8. The van der Waals surface area contributed by atoms with Crippen molar-refractivity contribution in [3.8, 4) is 0 Å². The van der Waals surface area contributed by atoms with Crippen LogP contribution in [0.4, 0.5) is 0 Å². The number of fused-ring (bicyclic) bond motifs is 1. The van der Waals surface area contributed by atoms with E-state index in [0.29, 0.717) is 23.7 Å². The summed E-state index contributed by atoms with van der Waals surface area (Å²) in [6.45, 7) is 5.38. The number of amides is 4. The molecule has 1 aromatic rings. The molecule has 148 valence electrons. The van der Waals surface area contributed by atoms with Gasteiger partial charge in [0, 0.05) is 38.6 Å². The summed E-state index contributed by atoms with van der Waals surface area (Å²) in [5.74, 6) is -1.85. The number of carbonyl (C=O) groups excluding carboxylic acids is 4. The third-order valence-electron chi connectivity index (χ3n) is 5.78. The maximum absolute atomic E-state index is 13.1. The first-order valence-corrected chi connectivity index (χ1v) is 9.78. The molecule has 4 amide bonds. The Morgan fingerprint density at radius 2 is 1.96 bits per heavy atom. The van der Waals surface area contributed by atoms with Crippen molar-refractivity contribution in [1.29, 1.82) is 0 Å². The second-order valence-corrected chi connectivity index (χ2v) is 7.58. The molecule has 0 radical (unpaired) electrons. The average Bonchev–Trinajstić information content (AvgIpc) is 2.94. The van der Waals surface area contributed by atoms with Gasteiger partial charge in [0.2, 0.25) is 11.8 Å². The van der Waals surface area contributed by atoms with Gasteiger partial charge in [-0.05, 0) is 24.5 Å². The predicted molar refractivity (Wildman–Crippen MR) is 100 cm³/mol. The molecular formula is C20H24N4O4. The molecule has 2 atom stereocenters. The van der Waals surface area contributed by atoms with E-state index in [1.165, 1.54) is 0 Å². The van der Waals surface area contributed by atoms with E-state index in [1.54, 1.807) is 12.1 Å². The van der Waals surface area contributed by atoms with E-state index >= 15 is 0 Å².